The van der Waals surface area contributed by atoms with Gasteiger partial charge in [0.2, 0.25) is 5.91 Å². The molecule has 0 aliphatic carbocycles. The summed E-state index contributed by atoms with van der Waals surface area (Å²) in [6.45, 7) is 27.0. The standard InChI is InChI=1S/C27H48N2O2Si2/c1-18(2)32(19(3)4,20(5)6)28-25(24-16-14-13-15-17-24)26(30)29(27(28)31)33(21(7)8,22(9)10)23(11)12/h13-23,25H,1-12H3. The van der Waals surface area contributed by atoms with Gasteiger partial charge in [-0.1, -0.05) is 113 Å². The number of amides is 3. The molecular weight excluding hydrogens is 440 g/mol. The Labute approximate surface area is 205 Å². The normalized spacial score (nSPS) is 18.4. The van der Waals surface area contributed by atoms with Crippen LogP contribution < -0.4 is 0 Å². The molecular formula is C27H48N2O2Si2. The van der Waals surface area contributed by atoms with Gasteiger partial charge in [0.05, 0.1) is 0 Å². The van der Waals surface area contributed by atoms with E-state index in [4.69, 9.17) is 0 Å². The van der Waals surface area contributed by atoms with Crippen LogP contribution in [0.1, 0.15) is 94.7 Å². The van der Waals surface area contributed by atoms with Gasteiger partial charge in [-0.2, -0.15) is 0 Å². The Morgan fingerprint density at radius 3 is 1.30 bits per heavy atom. The number of urea groups is 1. The third-order valence-corrected chi connectivity index (χ3v) is 22.1. The third-order valence-electron chi connectivity index (χ3n) is 8.58. The van der Waals surface area contributed by atoms with Crippen molar-refractivity contribution in [3.63, 3.8) is 0 Å². The minimum atomic E-state index is -2.51. The maximum Gasteiger partial charge on any atom is 0.311 e. The Morgan fingerprint density at radius 1 is 0.606 bits per heavy atom. The monoisotopic (exact) mass is 488 g/mol. The van der Waals surface area contributed by atoms with Gasteiger partial charge in [0.25, 0.3) is 0 Å². The largest absolute Gasteiger partial charge is 0.336 e. The zero-order valence-corrected chi connectivity index (χ0v) is 25.1. The van der Waals surface area contributed by atoms with Crippen LogP contribution in [0.15, 0.2) is 30.3 Å². The molecule has 4 nitrogen and oxygen atoms in total. The zero-order chi connectivity index (χ0) is 25.5. The summed E-state index contributed by atoms with van der Waals surface area (Å²) in [5.74, 6) is 0.0211. The van der Waals surface area contributed by atoms with Crippen LogP contribution in [0.4, 0.5) is 4.79 Å². The van der Waals surface area contributed by atoms with Crippen LogP contribution >= 0.6 is 0 Å². The molecule has 33 heavy (non-hydrogen) atoms. The molecule has 2 rings (SSSR count). The molecule has 1 unspecified atom stereocenters. The number of nitrogens with zero attached hydrogens (tertiary/aromatic N) is 2. The second-order valence-electron chi connectivity index (χ2n) is 11.8. The molecule has 1 saturated heterocycles. The summed E-state index contributed by atoms with van der Waals surface area (Å²) in [6, 6.07) is 9.54. The Hall–Kier alpha value is -1.41. The fourth-order valence-corrected chi connectivity index (χ4v) is 21.2. The molecule has 0 N–H and O–H groups in total. The van der Waals surface area contributed by atoms with Crippen LogP contribution in [-0.2, 0) is 4.79 Å². The van der Waals surface area contributed by atoms with Gasteiger partial charge in [0.1, 0.15) is 6.04 Å². The van der Waals surface area contributed by atoms with Crippen LogP contribution in [0.25, 0.3) is 0 Å². The second-order valence-corrected chi connectivity index (χ2v) is 23.2. The summed E-state index contributed by atoms with van der Waals surface area (Å²) in [5.41, 5.74) is 2.84. The lowest BCUT2D eigenvalue weighted by Gasteiger charge is -2.52. The molecule has 0 aromatic heterocycles. The van der Waals surface area contributed by atoms with E-state index < -0.39 is 22.5 Å². The van der Waals surface area contributed by atoms with E-state index in [1.54, 1.807) is 0 Å². The van der Waals surface area contributed by atoms with E-state index in [1.165, 1.54) is 0 Å². The Kier molecular flexibility index (Phi) is 8.49. The first-order valence-corrected chi connectivity index (χ1v) is 17.3. The van der Waals surface area contributed by atoms with Crippen LogP contribution in [0.2, 0.25) is 33.2 Å². The molecule has 186 valence electrons. The number of benzene rings is 1. The molecule has 0 saturated carbocycles. The zero-order valence-electron chi connectivity index (χ0n) is 23.1. The molecule has 1 aliphatic rings. The van der Waals surface area contributed by atoms with E-state index in [9.17, 15) is 9.59 Å². The number of rotatable bonds is 9. The maximum absolute atomic E-state index is 14.7. The van der Waals surface area contributed by atoms with Crippen LogP contribution in [0.5, 0.6) is 0 Å². The van der Waals surface area contributed by atoms with Crippen LogP contribution in [0, 0.1) is 0 Å². The van der Waals surface area contributed by atoms with Crippen molar-refractivity contribution in [2.75, 3.05) is 0 Å². The molecule has 0 bridgehead atoms. The van der Waals surface area contributed by atoms with E-state index in [0.717, 1.165) is 5.56 Å². The minimum absolute atomic E-state index is 0.000568. The summed E-state index contributed by atoms with van der Waals surface area (Å²) in [5, 5.41) is 0. The van der Waals surface area contributed by atoms with E-state index in [1.807, 2.05) is 34.9 Å². The summed E-state index contributed by atoms with van der Waals surface area (Å²) in [4.78, 5) is 29.2. The van der Waals surface area contributed by atoms with Gasteiger partial charge in [-0.25, -0.2) is 4.79 Å². The highest BCUT2D eigenvalue weighted by Crippen LogP contribution is 2.54. The van der Waals surface area contributed by atoms with Gasteiger partial charge in [-0.3, -0.25) is 9.36 Å². The lowest BCUT2D eigenvalue weighted by atomic mass is 10.1. The van der Waals surface area contributed by atoms with Gasteiger partial charge in [-0.05, 0) is 38.8 Å². The molecule has 1 aromatic rings. The second kappa shape index (κ2) is 10.1. The van der Waals surface area contributed by atoms with Gasteiger partial charge in [0.15, 0.2) is 16.5 Å². The van der Waals surface area contributed by atoms with E-state index >= 15 is 0 Å². The fourth-order valence-electron chi connectivity index (χ4n) is 7.83. The third kappa shape index (κ3) is 4.05. The van der Waals surface area contributed by atoms with E-state index in [-0.39, 0.29) is 28.6 Å². The SMILES string of the molecule is CC(C)[Si](C(C)C)(C(C)C)N1C(=O)C(c2ccccc2)N([Si](C(C)C)(C(C)C)C(C)C)C1=O. The van der Waals surface area contributed by atoms with Crippen molar-refractivity contribution in [3.05, 3.63) is 35.9 Å². The van der Waals surface area contributed by atoms with Crippen molar-refractivity contribution in [2.24, 2.45) is 0 Å². The average Bonchev–Trinajstić information content (AvgIpc) is 2.94. The van der Waals surface area contributed by atoms with Crippen LogP contribution in [0.3, 0.4) is 0 Å². The van der Waals surface area contributed by atoms with Crippen molar-refractivity contribution >= 4 is 28.4 Å². The molecule has 1 heterocycles. The lowest BCUT2D eigenvalue weighted by Crippen LogP contribution is -2.66. The van der Waals surface area contributed by atoms with E-state index in [2.05, 4.69) is 87.7 Å². The van der Waals surface area contributed by atoms with Crippen molar-refractivity contribution in [1.82, 2.24) is 9.13 Å². The first kappa shape index (κ1) is 27.8. The summed E-state index contributed by atoms with van der Waals surface area (Å²) >= 11 is 0. The molecule has 0 spiro atoms. The molecule has 0 radical (unpaired) electrons. The molecule has 1 atom stereocenters. The maximum atomic E-state index is 14.7. The van der Waals surface area contributed by atoms with Gasteiger partial charge >= 0.3 is 6.03 Å². The highest BCUT2D eigenvalue weighted by molar-refractivity contribution is 6.88. The van der Waals surface area contributed by atoms with Crippen molar-refractivity contribution < 1.29 is 9.59 Å². The number of hydrogen-bond donors (Lipinski definition) is 0. The summed E-state index contributed by atoms with van der Waals surface area (Å²) in [7, 11) is -4.93. The van der Waals surface area contributed by atoms with Gasteiger partial charge < -0.3 is 4.57 Å². The number of carbonyl (C=O) groups excluding carboxylic acids is 2. The summed E-state index contributed by atoms with van der Waals surface area (Å²) < 4.78 is 4.03. The number of carbonyl (C=O) groups is 2. The predicted molar refractivity (Wildman–Crippen MR) is 145 cm³/mol. The lowest BCUT2D eigenvalue weighted by molar-refractivity contribution is -0.125. The molecule has 6 heteroatoms. The molecule has 1 aliphatic heterocycles. The number of imide groups is 1. The average molecular weight is 489 g/mol. The van der Waals surface area contributed by atoms with Gasteiger partial charge in [-0.15, -0.1) is 0 Å². The Bertz CT molecular complexity index is 790. The topological polar surface area (TPSA) is 40.6 Å². The predicted octanol–water partition coefficient (Wildman–Crippen LogP) is 8.34. The highest BCUT2D eigenvalue weighted by Gasteiger charge is 2.65. The van der Waals surface area contributed by atoms with Gasteiger partial charge in [0, 0.05) is 0 Å². The summed E-state index contributed by atoms with van der Waals surface area (Å²) in [6.07, 6.45) is 0. The Balaban J connectivity index is 2.94. The number of hydrogen-bond acceptors (Lipinski definition) is 2. The first-order valence-electron chi connectivity index (χ1n) is 12.9. The smallest absolute Gasteiger partial charge is 0.311 e. The van der Waals surface area contributed by atoms with E-state index in [0.29, 0.717) is 16.6 Å². The minimum Gasteiger partial charge on any atom is -0.336 e. The van der Waals surface area contributed by atoms with Crippen LogP contribution in [-0.4, -0.2) is 37.5 Å². The quantitative estimate of drug-likeness (QED) is 0.259. The molecule has 3 amide bonds. The van der Waals surface area contributed by atoms with Crippen molar-refractivity contribution in [3.8, 4) is 0 Å². The Morgan fingerprint density at radius 2 is 0.970 bits per heavy atom. The molecule has 1 fully saturated rings. The molecule has 1 aromatic carbocycles. The van der Waals surface area contributed by atoms with Crippen molar-refractivity contribution in [2.45, 2.75) is 122 Å². The fraction of sp³-hybridized carbons (Fsp3) is 0.704. The van der Waals surface area contributed by atoms with Crippen molar-refractivity contribution in [1.29, 1.82) is 0 Å². The first-order chi connectivity index (χ1) is 15.2. The highest BCUT2D eigenvalue weighted by atomic mass is 28.3.